The summed E-state index contributed by atoms with van der Waals surface area (Å²) in [6, 6.07) is 15.1. The van der Waals surface area contributed by atoms with Crippen LogP contribution < -0.4 is 0 Å². The summed E-state index contributed by atoms with van der Waals surface area (Å²) < 4.78 is 0.916. The fraction of sp³-hybridized carbons (Fsp3) is 0.0714. The van der Waals surface area contributed by atoms with E-state index in [0.717, 1.165) is 15.6 Å². The summed E-state index contributed by atoms with van der Waals surface area (Å²) in [5.41, 5.74) is 2.47. The van der Waals surface area contributed by atoms with Crippen LogP contribution in [-0.2, 0) is 5.33 Å². The Bertz CT molecular complexity index is 549. The zero-order valence-electron chi connectivity index (χ0n) is 8.99. The molecule has 2 rings (SSSR count). The molecule has 0 saturated heterocycles. The second-order valence-electron chi connectivity index (χ2n) is 3.63. The summed E-state index contributed by atoms with van der Waals surface area (Å²) in [5, 5.41) is 0.683. The maximum atomic E-state index is 12.3. The van der Waals surface area contributed by atoms with Gasteiger partial charge in [0.2, 0.25) is 0 Å². The van der Waals surface area contributed by atoms with Crippen molar-refractivity contribution in [1.82, 2.24) is 0 Å². The number of hydrogen-bond acceptors (Lipinski definition) is 1. The number of alkyl halides is 1. The van der Waals surface area contributed by atoms with E-state index in [0.29, 0.717) is 10.9 Å². The lowest BCUT2D eigenvalue weighted by molar-refractivity contribution is 0.103. The van der Waals surface area contributed by atoms with Gasteiger partial charge in [0.1, 0.15) is 0 Å². The first-order valence-electron chi connectivity index (χ1n) is 5.16. The highest BCUT2D eigenvalue weighted by molar-refractivity contribution is 9.10. The summed E-state index contributed by atoms with van der Waals surface area (Å²) in [4.78, 5) is 12.3. The van der Waals surface area contributed by atoms with Gasteiger partial charge in [0, 0.05) is 20.9 Å². The monoisotopic (exact) mass is 352 g/mol. The number of ketones is 1. The Morgan fingerprint density at radius 3 is 2.53 bits per heavy atom. The van der Waals surface area contributed by atoms with E-state index in [9.17, 15) is 4.79 Å². The molecule has 0 aliphatic carbocycles. The average molecular weight is 354 g/mol. The minimum atomic E-state index is 0.0568. The van der Waals surface area contributed by atoms with E-state index in [1.807, 2.05) is 48.5 Å². The van der Waals surface area contributed by atoms with Crippen molar-refractivity contribution in [3.05, 3.63) is 69.7 Å². The Balaban J connectivity index is 2.44. The van der Waals surface area contributed by atoms with Gasteiger partial charge in [0.15, 0.2) is 5.78 Å². The molecule has 0 aliphatic rings. The number of halogens is 2. The summed E-state index contributed by atoms with van der Waals surface area (Å²) in [5.74, 6) is 0.0568. The van der Waals surface area contributed by atoms with Gasteiger partial charge in [-0.3, -0.25) is 4.79 Å². The van der Waals surface area contributed by atoms with E-state index in [4.69, 9.17) is 0 Å². The normalized spacial score (nSPS) is 10.2. The molecule has 2 aromatic carbocycles. The third-order valence-electron chi connectivity index (χ3n) is 2.49. The van der Waals surface area contributed by atoms with Crippen LogP contribution in [0.25, 0.3) is 0 Å². The van der Waals surface area contributed by atoms with E-state index >= 15 is 0 Å². The summed E-state index contributed by atoms with van der Waals surface area (Å²) in [6.07, 6.45) is 0. The van der Waals surface area contributed by atoms with Crippen LogP contribution in [0.1, 0.15) is 21.5 Å². The molecule has 0 amide bonds. The largest absolute Gasteiger partial charge is 0.289 e. The van der Waals surface area contributed by atoms with Crippen molar-refractivity contribution in [2.75, 3.05) is 0 Å². The number of rotatable bonds is 3. The first-order chi connectivity index (χ1) is 8.22. The fourth-order valence-electron chi connectivity index (χ4n) is 1.64. The van der Waals surface area contributed by atoms with Crippen LogP contribution in [0.2, 0.25) is 0 Å². The van der Waals surface area contributed by atoms with Gasteiger partial charge in [-0.15, -0.1) is 0 Å². The minimum absolute atomic E-state index is 0.0568. The van der Waals surface area contributed by atoms with Gasteiger partial charge in [0.05, 0.1) is 0 Å². The molecule has 0 radical (unpaired) electrons. The number of carbonyl (C=O) groups is 1. The van der Waals surface area contributed by atoms with Gasteiger partial charge < -0.3 is 0 Å². The summed E-state index contributed by atoms with van der Waals surface area (Å²) in [6.45, 7) is 0. The zero-order valence-corrected chi connectivity index (χ0v) is 12.2. The Labute approximate surface area is 117 Å². The van der Waals surface area contributed by atoms with E-state index < -0.39 is 0 Å². The van der Waals surface area contributed by atoms with Gasteiger partial charge in [-0.2, -0.15) is 0 Å². The van der Waals surface area contributed by atoms with Crippen LogP contribution in [0.4, 0.5) is 0 Å². The number of hydrogen-bond donors (Lipinski definition) is 0. The van der Waals surface area contributed by atoms with Crippen LogP contribution in [0.15, 0.2) is 53.0 Å². The van der Waals surface area contributed by atoms with Crippen LogP contribution in [0.3, 0.4) is 0 Å². The maximum absolute atomic E-state index is 12.3. The van der Waals surface area contributed by atoms with Crippen LogP contribution in [0, 0.1) is 0 Å². The molecule has 0 unspecified atom stereocenters. The Hall–Kier alpha value is -0.930. The third kappa shape index (κ3) is 2.85. The zero-order chi connectivity index (χ0) is 12.3. The first kappa shape index (κ1) is 12.5. The molecule has 0 heterocycles. The highest BCUT2D eigenvalue weighted by atomic mass is 79.9. The second-order valence-corrected chi connectivity index (χ2v) is 5.11. The molecule has 17 heavy (non-hydrogen) atoms. The quantitative estimate of drug-likeness (QED) is 0.583. The molecule has 0 spiro atoms. The topological polar surface area (TPSA) is 17.1 Å². The third-order valence-corrected chi connectivity index (χ3v) is 3.59. The van der Waals surface area contributed by atoms with Crippen molar-refractivity contribution in [3.8, 4) is 0 Å². The molecule has 0 fully saturated rings. The fourth-order valence-corrected chi connectivity index (χ4v) is 2.53. The van der Waals surface area contributed by atoms with Crippen molar-refractivity contribution in [1.29, 1.82) is 0 Å². The van der Waals surface area contributed by atoms with Crippen molar-refractivity contribution in [3.63, 3.8) is 0 Å². The first-order valence-corrected chi connectivity index (χ1v) is 7.08. The van der Waals surface area contributed by atoms with Crippen molar-refractivity contribution >= 4 is 37.6 Å². The molecule has 0 aromatic heterocycles. The van der Waals surface area contributed by atoms with Crippen molar-refractivity contribution in [2.24, 2.45) is 0 Å². The highest BCUT2D eigenvalue weighted by Crippen LogP contribution is 2.19. The van der Waals surface area contributed by atoms with Crippen LogP contribution >= 0.6 is 31.9 Å². The van der Waals surface area contributed by atoms with Crippen molar-refractivity contribution < 1.29 is 4.79 Å². The van der Waals surface area contributed by atoms with E-state index in [2.05, 4.69) is 31.9 Å². The van der Waals surface area contributed by atoms with Crippen LogP contribution in [-0.4, -0.2) is 5.78 Å². The highest BCUT2D eigenvalue weighted by Gasteiger charge is 2.12. The molecule has 0 atom stereocenters. The second kappa shape index (κ2) is 5.61. The van der Waals surface area contributed by atoms with Gasteiger partial charge >= 0.3 is 0 Å². The lowest BCUT2D eigenvalue weighted by atomic mass is 9.99. The maximum Gasteiger partial charge on any atom is 0.193 e. The minimum Gasteiger partial charge on any atom is -0.289 e. The average Bonchev–Trinajstić information content (AvgIpc) is 2.38. The SMILES string of the molecule is O=C(c1cccc(Br)c1)c1ccccc1CBr. The van der Waals surface area contributed by atoms with Crippen LogP contribution in [0.5, 0.6) is 0 Å². The van der Waals surface area contributed by atoms with Gasteiger partial charge in [0.25, 0.3) is 0 Å². The number of carbonyl (C=O) groups excluding carboxylic acids is 1. The lowest BCUT2D eigenvalue weighted by Crippen LogP contribution is -2.04. The molecular formula is C14H10Br2O. The van der Waals surface area contributed by atoms with E-state index in [1.54, 1.807) is 0 Å². The van der Waals surface area contributed by atoms with E-state index in [1.165, 1.54) is 0 Å². The summed E-state index contributed by atoms with van der Waals surface area (Å²) >= 11 is 6.78. The van der Waals surface area contributed by atoms with Gasteiger partial charge in [-0.25, -0.2) is 0 Å². The Morgan fingerprint density at radius 2 is 1.82 bits per heavy atom. The molecule has 3 heteroatoms. The summed E-state index contributed by atoms with van der Waals surface area (Å²) in [7, 11) is 0. The Kier molecular flexibility index (Phi) is 4.13. The van der Waals surface area contributed by atoms with E-state index in [-0.39, 0.29) is 5.78 Å². The Morgan fingerprint density at radius 1 is 1.06 bits per heavy atom. The predicted molar refractivity (Wildman–Crippen MR) is 76.6 cm³/mol. The lowest BCUT2D eigenvalue weighted by Gasteiger charge is -2.06. The smallest absolute Gasteiger partial charge is 0.193 e. The molecule has 86 valence electrons. The van der Waals surface area contributed by atoms with Crippen molar-refractivity contribution in [2.45, 2.75) is 5.33 Å². The predicted octanol–water partition coefficient (Wildman–Crippen LogP) is 4.58. The molecule has 1 nitrogen and oxygen atoms in total. The molecular weight excluding hydrogens is 344 g/mol. The molecule has 2 aromatic rings. The molecule has 0 aliphatic heterocycles. The molecule has 0 N–H and O–H groups in total. The standard InChI is InChI=1S/C14H10Br2O/c15-9-11-4-1-2-7-13(11)14(17)10-5-3-6-12(16)8-10/h1-8H,9H2. The van der Waals surface area contributed by atoms with Gasteiger partial charge in [-0.1, -0.05) is 68.3 Å². The molecule has 0 bridgehead atoms. The number of benzene rings is 2. The molecule has 0 saturated carbocycles. The van der Waals surface area contributed by atoms with Gasteiger partial charge in [-0.05, 0) is 17.7 Å².